The van der Waals surface area contributed by atoms with E-state index in [-0.39, 0.29) is 0 Å². The predicted molar refractivity (Wildman–Crippen MR) is 74.3 cm³/mol. The molecular formula is C13H12N4S. The normalized spacial score (nSPS) is 10.7. The third-order valence-corrected chi connectivity index (χ3v) is 3.61. The summed E-state index contributed by atoms with van der Waals surface area (Å²) in [5.41, 5.74) is 9.94. The van der Waals surface area contributed by atoms with E-state index in [1.54, 1.807) is 11.3 Å². The number of thiophene rings is 1. The summed E-state index contributed by atoms with van der Waals surface area (Å²) in [5, 5.41) is 9.14. The van der Waals surface area contributed by atoms with Crippen LogP contribution in [0.25, 0.3) is 21.7 Å². The molecule has 90 valence electrons. The molecule has 0 aliphatic heterocycles. The molecule has 0 aliphatic carbocycles. The smallest absolute Gasteiger partial charge is 0.154 e. The number of H-pyrrole nitrogens is 1. The van der Waals surface area contributed by atoms with E-state index >= 15 is 0 Å². The number of hydrogen-bond acceptors (Lipinski definition) is 4. The van der Waals surface area contributed by atoms with Gasteiger partial charge in [-0.2, -0.15) is 5.10 Å². The monoisotopic (exact) mass is 256 g/mol. The summed E-state index contributed by atoms with van der Waals surface area (Å²) in [7, 11) is 0. The quantitative estimate of drug-likeness (QED) is 0.740. The fraction of sp³-hybridized carbons (Fsp3) is 0.0769. The lowest BCUT2D eigenvalue weighted by atomic mass is 10.1. The largest absolute Gasteiger partial charge is 0.382 e. The van der Waals surface area contributed by atoms with Crippen LogP contribution in [0.5, 0.6) is 0 Å². The van der Waals surface area contributed by atoms with E-state index in [0.29, 0.717) is 5.82 Å². The van der Waals surface area contributed by atoms with Crippen molar-refractivity contribution in [2.75, 3.05) is 5.73 Å². The van der Waals surface area contributed by atoms with Crippen molar-refractivity contribution >= 4 is 17.2 Å². The van der Waals surface area contributed by atoms with E-state index in [4.69, 9.17) is 5.73 Å². The highest BCUT2D eigenvalue weighted by molar-refractivity contribution is 7.13. The molecule has 4 nitrogen and oxygen atoms in total. The van der Waals surface area contributed by atoms with Gasteiger partial charge in [0.1, 0.15) is 0 Å². The third-order valence-electron chi connectivity index (χ3n) is 2.73. The second-order valence-corrected chi connectivity index (χ2v) is 5.03. The Hall–Kier alpha value is -2.14. The SMILES string of the molecule is Cc1cncc(-c2[nH]nc(N)c2-c2cccs2)c1. The van der Waals surface area contributed by atoms with Crippen LogP contribution in [0.2, 0.25) is 0 Å². The fourth-order valence-electron chi connectivity index (χ4n) is 1.93. The molecule has 3 N–H and O–H groups in total. The Morgan fingerprint density at radius 1 is 1.33 bits per heavy atom. The molecule has 0 saturated carbocycles. The molecule has 3 aromatic heterocycles. The average Bonchev–Trinajstić information content (AvgIpc) is 2.97. The molecule has 3 rings (SSSR count). The summed E-state index contributed by atoms with van der Waals surface area (Å²) >= 11 is 1.65. The molecule has 0 saturated heterocycles. The molecule has 3 heterocycles. The second-order valence-electron chi connectivity index (χ2n) is 4.09. The van der Waals surface area contributed by atoms with E-state index < -0.39 is 0 Å². The zero-order valence-corrected chi connectivity index (χ0v) is 10.7. The van der Waals surface area contributed by atoms with Crippen LogP contribution < -0.4 is 5.73 Å². The minimum absolute atomic E-state index is 0.522. The number of nitrogens with two attached hydrogens (primary N) is 1. The van der Waals surface area contributed by atoms with Gasteiger partial charge >= 0.3 is 0 Å². The van der Waals surface area contributed by atoms with Crippen LogP contribution in [0, 0.1) is 6.92 Å². The van der Waals surface area contributed by atoms with Crippen LogP contribution >= 0.6 is 11.3 Å². The molecule has 0 bridgehead atoms. The molecule has 3 aromatic rings. The highest BCUT2D eigenvalue weighted by atomic mass is 32.1. The lowest BCUT2D eigenvalue weighted by molar-refractivity contribution is 1.10. The van der Waals surface area contributed by atoms with Crippen molar-refractivity contribution in [2.24, 2.45) is 0 Å². The van der Waals surface area contributed by atoms with Crippen molar-refractivity contribution in [1.82, 2.24) is 15.2 Å². The van der Waals surface area contributed by atoms with Crippen LogP contribution in [-0.2, 0) is 0 Å². The molecule has 5 heteroatoms. The molecular weight excluding hydrogens is 244 g/mol. The Labute approximate surface area is 109 Å². The van der Waals surface area contributed by atoms with E-state index in [1.165, 1.54) is 0 Å². The molecule has 0 aliphatic rings. The predicted octanol–water partition coefficient (Wildman–Crippen LogP) is 3.09. The first-order valence-corrected chi connectivity index (χ1v) is 6.43. The molecule has 0 spiro atoms. The number of aromatic amines is 1. The van der Waals surface area contributed by atoms with Gasteiger partial charge in [0.05, 0.1) is 11.3 Å². The molecule has 0 amide bonds. The summed E-state index contributed by atoms with van der Waals surface area (Å²) in [4.78, 5) is 5.32. The van der Waals surface area contributed by atoms with Crippen molar-refractivity contribution in [2.45, 2.75) is 6.92 Å². The van der Waals surface area contributed by atoms with Crippen molar-refractivity contribution in [3.63, 3.8) is 0 Å². The third kappa shape index (κ3) is 1.78. The topological polar surface area (TPSA) is 67.6 Å². The first-order valence-electron chi connectivity index (χ1n) is 5.55. The van der Waals surface area contributed by atoms with Gasteiger partial charge in [0, 0.05) is 22.8 Å². The summed E-state index contributed by atoms with van der Waals surface area (Å²) < 4.78 is 0. The Kier molecular flexibility index (Phi) is 2.60. The molecule has 0 unspecified atom stereocenters. The summed E-state index contributed by atoms with van der Waals surface area (Å²) in [6.45, 7) is 2.01. The maximum atomic E-state index is 5.95. The van der Waals surface area contributed by atoms with Gasteiger partial charge in [0.15, 0.2) is 5.82 Å². The molecule has 0 fully saturated rings. The first kappa shape index (κ1) is 11.0. The van der Waals surface area contributed by atoms with E-state index in [1.807, 2.05) is 36.8 Å². The van der Waals surface area contributed by atoms with Crippen LogP contribution in [0.15, 0.2) is 36.0 Å². The number of nitrogens with zero attached hydrogens (tertiary/aromatic N) is 2. The molecule has 18 heavy (non-hydrogen) atoms. The lowest BCUT2D eigenvalue weighted by Crippen LogP contribution is -1.87. The van der Waals surface area contributed by atoms with Gasteiger partial charge in [-0.15, -0.1) is 11.3 Å². The fourth-order valence-corrected chi connectivity index (χ4v) is 2.71. The number of pyridine rings is 1. The van der Waals surface area contributed by atoms with Crippen molar-refractivity contribution < 1.29 is 0 Å². The maximum absolute atomic E-state index is 5.95. The van der Waals surface area contributed by atoms with E-state index in [0.717, 1.165) is 27.3 Å². The maximum Gasteiger partial charge on any atom is 0.154 e. The lowest BCUT2D eigenvalue weighted by Gasteiger charge is -2.02. The second kappa shape index (κ2) is 4.27. The summed E-state index contributed by atoms with van der Waals surface area (Å²) in [6, 6.07) is 6.11. The van der Waals surface area contributed by atoms with E-state index in [9.17, 15) is 0 Å². The highest BCUT2D eigenvalue weighted by Crippen LogP contribution is 2.36. The van der Waals surface area contributed by atoms with Gasteiger partial charge in [0.25, 0.3) is 0 Å². The first-order chi connectivity index (χ1) is 8.75. The van der Waals surface area contributed by atoms with Crippen LogP contribution in [0.1, 0.15) is 5.56 Å². The zero-order chi connectivity index (χ0) is 12.5. The Morgan fingerprint density at radius 2 is 2.22 bits per heavy atom. The van der Waals surface area contributed by atoms with Crippen LogP contribution in [0.4, 0.5) is 5.82 Å². The Morgan fingerprint density at radius 3 is 2.94 bits per heavy atom. The minimum atomic E-state index is 0.522. The minimum Gasteiger partial charge on any atom is -0.382 e. The van der Waals surface area contributed by atoms with Crippen LogP contribution in [-0.4, -0.2) is 15.2 Å². The highest BCUT2D eigenvalue weighted by Gasteiger charge is 2.15. The number of rotatable bonds is 2. The zero-order valence-electron chi connectivity index (χ0n) is 9.84. The van der Waals surface area contributed by atoms with Gasteiger partial charge in [-0.05, 0) is 30.0 Å². The number of hydrogen-bond donors (Lipinski definition) is 2. The van der Waals surface area contributed by atoms with Gasteiger partial charge in [0.2, 0.25) is 0 Å². The van der Waals surface area contributed by atoms with Crippen molar-refractivity contribution in [3.05, 3.63) is 41.5 Å². The summed E-state index contributed by atoms with van der Waals surface area (Å²) in [6.07, 6.45) is 3.64. The van der Waals surface area contributed by atoms with Crippen LogP contribution in [0.3, 0.4) is 0 Å². The Balaban J connectivity index is 2.20. The van der Waals surface area contributed by atoms with Gasteiger partial charge < -0.3 is 5.73 Å². The number of aromatic nitrogens is 3. The van der Waals surface area contributed by atoms with Gasteiger partial charge in [-0.1, -0.05) is 6.07 Å². The Bertz CT molecular complexity index is 670. The van der Waals surface area contributed by atoms with Crippen molar-refractivity contribution in [1.29, 1.82) is 0 Å². The number of aryl methyl sites for hydroxylation is 1. The standard InChI is InChI=1S/C13H12N4S/c1-8-5-9(7-15-6-8)12-11(13(14)17-16-12)10-3-2-4-18-10/h2-7H,1H3,(H3,14,16,17). The molecule has 0 aromatic carbocycles. The van der Waals surface area contributed by atoms with Gasteiger partial charge in [-0.25, -0.2) is 0 Å². The average molecular weight is 256 g/mol. The van der Waals surface area contributed by atoms with Gasteiger partial charge in [-0.3, -0.25) is 10.1 Å². The van der Waals surface area contributed by atoms with Crippen molar-refractivity contribution in [3.8, 4) is 21.7 Å². The molecule has 0 atom stereocenters. The van der Waals surface area contributed by atoms with E-state index in [2.05, 4.69) is 21.2 Å². The summed E-state index contributed by atoms with van der Waals surface area (Å²) in [5.74, 6) is 0.522. The number of nitrogens with one attached hydrogen (secondary N) is 1. The molecule has 0 radical (unpaired) electrons. The number of anilines is 1. The number of nitrogen functional groups attached to an aromatic ring is 1.